The monoisotopic (exact) mass is 464 g/mol. The van der Waals surface area contributed by atoms with Crippen molar-refractivity contribution < 1.29 is 142 Å². The van der Waals surface area contributed by atoms with Gasteiger partial charge in [-0.3, -0.25) is 0 Å². The zero-order valence-corrected chi connectivity index (χ0v) is 22.1. The average Bonchev–Trinajstić information content (AvgIpc) is 2.42. The van der Waals surface area contributed by atoms with Gasteiger partial charge in [0.15, 0.2) is 0 Å². The molecule has 0 bridgehead atoms. The predicted octanol–water partition coefficient (Wildman–Crippen LogP) is -4.75. The van der Waals surface area contributed by atoms with Crippen LogP contribution in [0.15, 0.2) is 42.5 Å². The zero-order valence-electron chi connectivity index (χ0n) is 14.2. The summed E-state index contributed by atoms with van der Waals surface area (Å²) < 4.78 is 72.4. The first kappa shape index (κ1) is 27.7. The fraction of sp³-hybridized carbons (Fsp3) is 0. The summed E-state index contributed by atoms with van der Waals surface area (Å²) in [5.41, 5.74) is 0.840. The van der Waals surface area contributed by atoms with Crippen molar-refractivity contribution >= 4 is 33.0 Å². The minimum absolute atomic E-state index is 0. The van der Waals surface area contributed by atoms with E-state index in [2.05, 4.69) is 8.37 Å². The van der Waals surface area contributed by atoms with E-state index in [0.29, 0.717) is 5.56 Å². The van der Waals surface area contributed by atoms with Crippen LogP contribution < -0.4 is 111 Å². The molecule has 0 spiro atoms. The maximum atomic E-state index is 10.7. The van der Waals surface area contributed by atoms with E-state index < -0.39 is 32.3 Å². The van der Waals surface area contributed by atoms with Crippen LogP contribution in [-0.2, 0) is 20.8 Å². The van der Waals surface area contributed by atoms with Gasteiger partial charge in [-0.1, -0.05) is 24.3 Å². The number of aromatic hydroxyl groups is 1. The fourth-order valence-corrected chi connectivity index (χ4v) is 2.46. The molecule has 134 valence electrons. The summed E-state index contributed by atoms with van der Waals surface area (Å²) in [6.07, 6.45) is 2.96. The van der Waals surface area contributed by atoms with Crippen LogP contribution >= 0.6 is 0 Å². The molecule has 0 radical (unpaired) electrons. The average molecular weight is 465 g/mol. The molecule has 0 fully saturated rings. The number of hydrogen-bond donors (Lipinski definition) is 1. The van der Waals surface area contributed by atoms with Gasteiger partial charge in [0.2, 0.25) is 0 Å². The second-order valence-corrected chi connectivity index (χ2v) is 6.61. The van der Waals surface area contributed by atoms with Gasteiger partial charge < -0.3 is 22.6 Å². The normalized spacial score (nSPS) is 11.3. The predicted molar refractivity (Wildman–Crippen MR) is 84.1 cm³/mol. The zero-order chi connectivity index (χ0) is 18.7. The van der Waals surface area contributed by atoms with Gasteiger partial charge in [-0.2, -0.15) is 0 Å². The molecule has 0 aliphatic rings. The summed E-state index contributed by atoms with van der Waals surface area (Å²) in [5.74, 6) is -0.993. The first-order valence-corrected chi connectivity index (χ1v) is 9.10. The third kappa shape index (κ3) is 11.4. The Balaban J connectivity index is 0.00000338. The molecule has 2 aromatic carbocycles. The number of rotatable bonds is 6. The smallest absolute Gasteiger partial charge is 0.716 e. The summed E-state index contributed by atoms with van der Waals surface area (Å²) in [6.45, 7) is 0. The molecule has 2 rings (SSSR count). The molecule has 0 saturated heterocycles. The Morgan fingerprint density at radius 3 is 1.56 bits per heavy atom. The van der Waals surface area contributed by atoms with Crippen LogP contribution in [0.4, 0.5) is 0 Å². The molecule has 0 amide bonds. The standard InChI is InChI=1S/C14H12O9S2.2K/c15-12-5-3-10(4-6-12)1-2-11-7-13(22-24(16,17)18)9-14(8-11)23-25(19,20)21;;/h1-9,15H,(H,16,17,18)(H,19,20,21);;/q;2*+1/p-2/b2-1+;;. The first-order valence-electron chi connectivity index (χ1n) is 6.43. The van der Waals surface area contributed by atoms with Gasteiger partial charge in [-0.15, -0.1) is 0 Å². The van der Waals surface area contributed by atoms with Crippen LogP contribution in [0, 0.1) is 0 Å². The van der Waals surface area contributed by atoms with Gasteiger partial charge >= 0.3 is 103 Å². The molecular formula is C14H10K2O9S2. The number of benzene rings is 2. The van der Waals surface area contributed by atoms with Crippen molar-refractivity contribution in [1.29, 1.82) is 0 Å². The SMILES string of the molecule is O=S(=O)([O-])Oc1cc(/C=C/c2ccc(O)cc2)cc(OS(=O)(=O)[O-])c1.[K+].[K+]. The van der Waals surface area contributed by atoms with Crippen molar-refractivity contribution in [3.05, 3.63) is 53.6 Å². The van der Waals surface area contributed by atoms with E-state index in [1.165, 1.54) is 18.2 Å². The van der Waals surface area contributed by atoms with Crippen LogP contribution in [-0.4, -0.2) is 31.0 Å². The molecule has 13 heteroatoms. The van der Waals surface area contributed by atoms with Gasteiger partial charge in [0, 0.05) is 6.07 Å². The van der Waals surface area contributed by atoms with Crippen molar-refractivity contribution in [2.75, 3.05) is 0 Å². The second-order valence-electron chi connectivity index (χ2n) is 4.65. The molecule has 0 heterocycles. The van der Waals surface area contributed by atoms with E-state index in [1.807, 2.05) is 0 Å². The molecule has 9 nitrogen and oxygen atoms in total. The Hall–Kier alpha value is 0.673. The molecule has 0 aliphatic heterocycles. The maximum absolute atomic E-state index is 10.7. The third-order valence-corrected chi connectivity index (χ3v) is 3.45. The Labute approximate surface area is 241 Å². The van der Waals surface area contributed by atoms with Crippen LogP contribution in [0.2, 0.25) is 0 Å². The number of hydrogen-bond acceptors (Lipinski definition) is 9. The van der Waals surface area contributed by atoms with Gasteiger partial charge in [0.05, 0.1) is 0 Å². The molecule has 0 atom stereocenters. The first-order chi connectivity index (χ1) is 11.5. The summed E-state index contributed by atoms with van der Waals surface area (Å²) >= 11 is 0. The quantitative estimate of drug-likeness (QED) is 0.192. The van der Waals surface area contributed by atoms with Crippen molar-refractivity contribution in [1.82, 2.24) is 0 Å². The van der Waals surface area contributed by atoms with Crippen LogP contribution in [0.25, 0.3) is 12.2 Å². The maximum Gasteiger partial charge on any atom is 1.00 e. The van der Waals surface area contributed by atoms with Gasteiger partial charge in [0.25, 0.3) is 20.8 Å². The minimum atomic E-state index is -5.11. The molecule has 2 aromatic rings. The third-order valence-electron chi connectivity index (χ3n) is 2.66. The Bertz CT molecular complexity index is 949. The van der Waals surface area contributed by atoms with Crippen LogP contribution in [0.3, 0.4) is 0 Å². The van der Waals surface area contributed by atoms with Gasteiger partial charge in [0.1, 0.15) is 17.2 Å². The van der Waals surface area contributed by atoms with Gasteiger partial charge in [-0.25, -0.2) is 16.8 Å². The van der Waals surface area contributed by atoms with E-state index in [-0.39, 0.29) is 114 Å². The molecule has 1 N–H and O–H groups in total. The Morgan fingerprint density at radius 1 is 0.741 bits per heavy atom. The molecular weight excluding hydrogens is 454 g/mol. The summed E-state index contributed by atoms with van der Waals surface area (Å²) in [4.78, 5) is 0. The molecule has 27 heavy (non-hydrogen) atoms. The summed E-state index contributed by atoms with van der Waals surface area (Å²) in [7, 11) is -10.2. The number of phenols is 1. The number of phenolic OH excluding ortho intramolecular Hbond substituents is 1. The van der Waals surface area contributed by atoms with E-state index in [9.17, 15) is 31.0 Å². The van der Waals surface area contributed by atoms with Crippen LogP contribution in [0.5, 0.6) is 17.2 Å². The van der Waals surface area contributed by atoms with Crippen molar-refractivity contribution in [3.63, 3.8) is 0 Å². The van der Waals surface area contributed by atoms with Crippen LogP contribution in [0.1, 0.15) is 11.1 Å². The summed E-state index contributed by atoms with van der Waals surface area (Å²) in [6, 6.07) is 9.03. The van der Waals surface area contributed by atoms with Crippen molar-refractivity contribution in [2.45, 2.75) is 0 Å². The van der Waals surface area contributed by atoms with Crippen molar-refractivity contribution in [3.8, 4) is 17.2 Å². The summed E-state index contributed by atoms with van der Waals surface area (Å²) in [5, 5.41) is 9.20. The fourth-order valence-electron chi connectivity index (χ4n) is 1.80. The van der Waals surface area contributed by atoms with E-state index in [4.69, 9.17) is 0 Å². The molecule has 0 aliphatic carbocycles. The van der Waals surface area contributed by atoms with Crippen molar-refractivity contribution in [2.24, 2.45) is 0 Å². The molecule has 0 aromatic heterocycles. The minimum Gasteiger partial charge on any atom is -0.716 e. The van der Waals surface area contributed by atoms with E-state index in [1.54, 1.807) is 18.2 Å². The Morgan fingerprint density at radius 2 is 1.15 bits per heavy atom. The molecule has 0 unspecified atom stereocenters. The second kappa shape index (κ2) is 11.8. The topological polar surface area (TPSA) is 153 Å². The molecule has 0 saturated carbocycles. The van der Waals surface area contributed by atoms with E-state index in [0.717, 1.165) is 18.2 Å². The largest absolute Gasteiger partial charge is 1.00 e. The Kier molecular flexibility index (Phi) is 12.0. The van der Waals surface area contributed by atoms with Gasteiger partial charge in [-0.05, 0) is 35.4 Å². The van der Waals surface area contributed by atoms with E-state index >= 15 is 0 Å².